The molecule has 450 valence electrons. The molecule has 0 spiro atoms. The molecular weight excluding hydrogens is 973 g/mol. The molecule has 0 rings (SSSR count). The maximum Gasteiger partial charge on any atom is 0.306 e. The minimum absolute atomic E-state index is 0.0931. The zero-order chi connectivity index (χ0) is 57.1. The van der Waals surface area contributed by atoms with E-state index in [0.717, 1.165) is 128 Å². The predicted molar refractivity (Wildman–Crippen MR) is 343 cm³/mol. The molecule has 0 saturated heterocycles. The highest BCUT2D eigenvalue weighted by molar-refractivity contribution is 5.71. The molecule has 6 heteroatoms. The van der Waals surface area contributed by atoms with Crippen LogP contribution in [-0.4, -0.2) is 37.2 Å². The topological polar surface area (TPSA) is 78.9 Å². The lowest BCUT2D eigenvalue weighted by atomic mass is 10.0. The summed E-state index contributed by atoms with van der Waals surface area (Å²) < 4.78 is 16.9. The van der Waals surface area contributed by atoms with Crippen molar-refractivity contribution in [3.05, 3.63) is 122 Å². The van der Waals surface area contributed by atoms with E-state index < -0.39 is 6.10 Å². The molecule has 0 fully saturated rings. The molecule has 0 aliphatic rings. The molecule has 0 saturated carbocycles. The number of ether oxygens (including phenoxy) is 3. The highest BCUT2D eigenvalue weighted by atomic mass is 16.6. The first-order valence-electron chi connectivity index (χ1n) is 33.0. The van der Waals surface area contributed by atoms with E-state index in [1.54, 1.807) is 0 Å². The molecule has 0 bridgehead atoms. The lowest BCUT2D eigenvalue weighted by Gasteiger charge is -2.18. The molecule has 0 radical (unpaired) electrons. The van der Waals surface area contributed by atoms with Crippen LogP contribution >= 0.6 is 0 Å². The molecule has 0 aliphatic heterocycles. The average molecular weight is 1100 g/mol. The Hall–Kier alpha value is -4.19. The second kappa shape index (κ2) is 66.3. The Labute approximate surface area is 488 Å². The van der Waals surface area contributed by atoms with Gasteiger partial charge in [0, 0.05) is 19.3 Å². The fourth-order valence-electron chi connectivity index (χ4n) is 9.04. The van der Waals surface area contributed by atoms with Gasteiger partial charge in [-0.05, 0) is 128 Å². The fourth-order valence-corrected chi connectivity index (χ4v) is 9.04. The highest BCUT2D eigenvalue weighted by Gasteiger charge is 2.19. The van der Waals surface area contributed by atoms with Crippen LogP contribution in [0.25, 0.3) is 0 Å². The summed E-state index contributed by atoms with van der Waals surface area (Å²) in [6.45, 7) is 6.39. The number of carbonyl (C=O) groups is 3. The van der Waals surface area contributed by atoms with Gasteiger partial charge in [-0.3, -0.25) is 14.4 Å². The van der Waals surface area contributed by atoms with Crippen molar-refractivity contribution in [1.82, 2.24) is 0 Å². The van der Waals surface area contributed by atoms with Crippen molar-refractivity contribution in [3.8, 4) is 0 Å². The van der Waals surface area contributed by atoms with E-state index in [9.17, 15) is 14.4 Å². The first-order valence-corrected chi connectivity index (χ1v) is 33.0. The Bertz CT molecular complexity index is 1640. The van der Waals surface area contributed by atoms with Gasteiger partial charge in [0.15, 0.2) is 6.10 Å². The van der Waals surface area contributed by atoms with E-state index in [1.165, 1.54) is 135 Å². The smallest absolute Gasteiger partial charge is 0.306 e. The third-order valence-electron chi connectivity index (χ3n) is 13.9. The Morgan fingerprint density at radius 1 is 0.266 bits per heavy atom. The molecule has 0 aliphatic carbocycles. The van der Waals surface area contributed by atoms with Crippen LogP contribution < -0.4 is 0 Å². The number of rotatable bonds is 59. The average Bonchev–Trinajstić information content (AvgIpc) is 3.45. The second-order valence-electron chi connectivity index (χ2n) is 21.6. The second-order valence-corrected chi connectivity index (χ2v) is 21.6. The molecule has 79 heavy (non-hydrogen) atoms. The molecule has 0 aromatic heterocycles. The molecule has 0 heterocycles. The van der Waals surface area contributed by atoms with Gasteiger partial charge in [-0.1, -0.05) is 277 Å². The number of hydrogen-bond donors (Lipinski definition) is 0. The molecule has 6 nitrogen and oxygen atoms in total. The Morgan fingerprint density at radius 3 is 0.785 bits per heavy atom. The van der Waals surface area contributed by atoms with E-state index in [-0.39, 0.29) is 31.1 Å². The van der Waals surface area contributed by atoms with Gasteiger partial charge in [0.2, 0.25) is 0 Å². The van der Waals surface area contributed by atoms with E-state index in [2.05, 4.69) is 142 Å². The minimum Gasteiger partial charge on any atom is -0.462 e. The standard InChI is InChI=1S/C73H122O6/c1-4-7-10-13-16-19-22-25-27-29-31-33-35-36-38-39-41-43-45-48-51-54-57-60-63-66-72(75)78-69-70(68-77-71(74)65-62-59-56-53-50-47-24-21-18-15-12-9-6-3)79-73(76)67-64-61-58-55-52-49-46-44-42-40-37-34-32-30-28-26-23-20-17-14-11-8-5-2/h7,9-10,12,16,18-19,21,23,25-27,30-33,36,38,47,50,70H,4-6,8,11,13-15,17,20,22,24,28-29,34-35,37,39-46,48-49,51-69H2,1-3H3/b10-7-,12-9-,19-16-,21-18-,26-23-,27-25-,32-30-,33-31-,38-36-,50-47-. The summed E-state index contributed by atoms with van der Waals surface area (Å²) >= 11 is 0. The minimum atomic E-state index is -0.798. The van der Waals surface area contributed by atoms with Crippen molar-refractivity contribution in [3.63, 3.8) is 0 Å². The summed E-state index contributed by atoms with van der Waals surface area (Å²) in [6, 6.07) is 0. The van der Waals surface area contributed by atoms with Crippen molar-refractivity contribution in [2.24, 2.45) is 0 Å². The maximum absolute atomic E-state index is 12.9. The third-order valence-corrected chi connectivity index (χ3v) is 13.9. The summed E-state index contributed by atoms with van der Waals surface area (Å²) in [6.07, 6.45) is 92.1. The highest BCUT2D eigenvalue weighted by Crippen LogP contribution is 2.16. The van der Waals surface area contributed by atoms with E-state index in [4.69, 9.17) is 14.2 Å². The van der Waals surface area contributed by atoms with Gasteiger partial charge < -0.3 is 14.2 Å². The number of carbonyl (C=O) groups excluding carboxylic acids is 3. The Kier molecular flexibility index (Phi) is 62.8. The number of allylic oxidation sites excluding steroid dienone is 20. The summed E-state index contributed by atoms with van der Waals surface area (Å²) in [5.41, 5.74) is 0. The summed E-state index contributed by atoms with van der Waals surface area (Å²) in [7, 11) is 0. The first-order chi connectivity index (χ1) is 39.0. The SMILES string of the molecule is CC/C=C\C/C=C\C/C=C\C/C=C\C/C=C\CCCCCCCCCCCC(=O)OCC(COC(=O)CCCCC/C=C\C/C=C\C/C=C\CC)OC(=O)CCCCCCCCCCCCC/C=C\C/C=C\CCCCCCC. The predicted octanol–water partition coefficient (Wildman–Crippen LogP) is 22.8. The van der Waals surface area contributed by atoms with Crippen molar-refractivity contribution >= 4 is 17.9 Å². The molecule has 0 N–H and O–H groups in total. The van der Waals surface area contributed by atoms with Crippen molar-refractivity contribution < 1.29 is 28.6 Å². The van der Waals surface area contributed by atoms with Crippen LogP contribution in [0.3, 0.4) is 0 Å². The largest absolute Gasteiger partial charge is 0.462 e. The Morgan fingerprint density at radius 2 is 0.494 bits per heavy atom. The van der Waals surface area contributed by atoms with E-state index in [0.29, 0.717) is 19.3 Å². The molecular formula is C73H122O6. The molecule has 0 aromatic carbocycles. The van der Waals surface area contributed by atoms with Crippen LogP contribution in [0.1, 0.15) is 303 Å². The molecule has 0 amide bonds. The van der Waals surface area contributed by atoms with Crippen LogP contribution in [0.2, 0.25) is 0 Å². The van der Waals surface area contributed by atoms with Crippen molar-refractivity contribution in [2.75, 3.05) is 13.2 Å². The summed E-state index contributed by atoms with van der Waals surface area (Å²) in [4.78, 5) is 38.3. The fraction of sp³-hybridized carbons (Fsp3) is 0.685. The zero-order valence-corrected chi connectivity index (χ0v) is 51.6. The van der Waals surface area contributed by atoms with Gasteiger partial charge in [0.05, 0.1) is 0 Å². The van der Waals surface area contributed by atoms with Crippen molar-refractivity contribution in [1.29, 1.82) is 0 Å². The maximum atomic E-state index is 12.9. The monoisotopic (exact) mass is 1090 g/mol. The zero-order valence-electron chi connectivity index (χ0n) is 51.6. The van der Waals surface area contributed by atoms with Gasteiger partial charge >= 0.3 is 17.9 Å². The summed E-state index contributed by atoms with van der Waals surface area (Å²) in [5.74, 6) is -0.925. The Balaban J connectivity index is 4.35. The van der Waals surface area contributed by atoms with Crippen LogP contribution in [0.4, 0.5) is 0 Å². The van der Waals surface area contributed by atoms with Crippen molar-refractivity contribution in [2.45, 2.75) is 309 Å². The van der Waals surface area contributed by atoms with Crippen LogP contribution in [0.15, 0.2) is 122 Å². The number of unbranched alkanes of at least 4 members (excludes halogenated alkanes) is 28. The quantitative estimate of drug-likeness (QED) is 0.0261. The van der Waals surface area contributed by atoms with Gasteiger partial charge in [0.1, 0.15) is 13.2 Å². The molecule has 0 aromatic rings. The van der Waals surface area contributed by atoms with Crippen LogP contribution in [0, 0.1) is 0 Å². The van der Waals surface area contributed by atoms with Crippen LogP contribution in [0.5, 0.6) is 0 Å². The molecule has 1 unspecified atom stereocenters. The number of esters is 3. The van der Waals surface area contributed by atoms with Gasteiger partial charge in [-0.15, -0.1) is 0 Å². The van der Waals surface area contributed by atoms with Crippen LogP contribution in [-0.2, 0) is 28.6 Å². The number of hydrogen-bond acceptors (Lipinski definition) is 6. The van der Waals surface area contributed by atoms with Gasteiger partial charge in [-0.2, -0.15) is 0 Å². The summed E-state index contributed by atoms with van der Waals surface area (Å²) in [5, 5.41) is 0. The first kappa shape index (κ1) is 74.8. The third kappa shape index (κ3) is 64.5. The van der Waals surface area contributed by atoms with E-state index >= 15 is 0 Å². The normalized spacial score (nSPS) is 12.9. The lowest BCUT2D eigenvalue weighted by molar-refractivity contribution is -0.167. The van der Waals surface area contributed by atoms with Gasteiger partial charge in [0.25, 0.3) is 0 Å². The molecule has 1 atom stereocenters. The van der Waals surface area contributed by atoms with E-state index in [1.807, 2.05) is 0 Å². The van der Waals surface area contributed by atoms with Gasteiger partial charge in [-0.25, -0.2) is 0 Å². The lowest BCUT2D eigenvalue weighted by Crippen LogP contribution is -2.30.